The lowest BCUT2D eigenvalue weighted by atomic mass is 10.2. The van der Waals surface area contributed by atoms with Crippen LogP contribution in [0.3, 0.4) is 0 Å². The van der Waals surface area contributed by atoms with Gasteiger partial charge in [-0.1, -0.05) is 42.5 Å². The number of benzene rings is 2. The summed E-state index contributed by atoms with van der Waals surface area (Å²) < 4.78 is 8.77. The number of rotatable bonds is 3. The number of hydrogen-bond acceptors (Lipinski definition) is 4. The number of carbonyl (C=O) groups is 1. The Bertz CT molecular complexity index is 1250. The van der Waals surface area contributed by atoms with Crippen molar-refractivity contribution in [3.05, 3.63) is 82.3 Å². The second kappa shape index (κ2) is 7.18. The second-order valence-electron chi connectivity index (χ2n) is 7.10. The molecule has 7 nitrogen and oxygen atoms in total. The van der Waals surface area contributed by atoms with Gasteiger partial charge in [0.15, 0.2) is 0 Å². The van der Waals surface area contributed by atoms with Crippen LogP contribution in [0.25, 0.3) is 16.8 Å². The van der Waals surface area contributed by atoms with Crippen molar-refractivity contribution in [2.45, 2.75) is 6.54 Å². The first-order valence-electron chi connectivity index (χ1n) is 9.64. The van der Waals surface area contributed by atoms with Gasteiger partial charge in [-0.15, -0.1) is 0 Å². The molecule has 7 heteroatoms. The Morgan fingerprint density at radius 2 is 1.72 bits per heavy atom. The van der Waals surface area contributed by atoms with Gasteiger partial charge in [-0.25, -0.2) is 9.38 Å². The van der Waals surface area contributed by atoms with E-state index in [1.165, 1.54) is 0 Å². The van der Waals surface area contributed by atoms with Crippen molar-refractivity contribution in [2.75, 3.05) is 26.3 Å². The number of aromatic nitrogens is 3. The van der Waals surface area contributed by atoms with Crippen molar-refractivity contribution in [3.8, 4) is 0 Å². The number of ether oxygens (including phenoxy) is 1. The van der Waals surface area contributed by atoms with Gasteiger partial charge >= 0.3 is 0 Å². The van der Waals surface area contributed by atoms with Crippen LogP contribution in [0.15, 0.2) is 65.6 Å². The Balaban J connectivity index is 1.72. The van der Waals surface area contributed by atoms with Crippen LogP contribution in [0.5, 0.6) is 0 Å². The molecule has 3 heterocycles. The molecular formula is C22H20N4O3. The Labute approximate surface area is 166 Å². The molecule has 0 aliphatic carbocycles. The molecule has 0 atom stereocenters. The molecule has 2 aromatic heterocycles. The van der Waals surface area contributed by atoms with Gasteiger partial charge in [-0.05, 0) is 17.7 Å². The molecular weight excluding hydrogens is 368 g/mol. The number of amides is 1. The molecule has 0 N–H and O–H groups in total. The summed E-state index contributed by atoms with van der Waals surface area (Å²) in [5.41, 5.74) is 2.30. The van der Waals surface area contributed by atoms with E-state index in [0.29, 0.717) is 44.1 Å². The van der Waals surface area contributed by atoms with Crippen LogP contribution in [0.4, 0.5) is 0 Å². The summed E-state index contributed by atoms with van der Waals surface area (Å²) in [6, 6.07) is 17.4. The van der Waals surface area contributed by atoms with Gasteiger partial charge in [0.2, 0.25) is 5.78 Å². The van der Waals surface area contributed by atoms with E-state index >= 15 is 0 Å². The fraction of sp³-hybridized carbons (Fsp3) is 0.227. The minimum Gasteiger partial charge on any atom is -0.378 e. The van der Waals surface area contributed by atoms with Gasteiger partial charge in [-0.3, -0.25) is 9.59 Å². The highest BCUT2D eigenvalue weighted by atomic mass is 16.5. The first-order valence-corrected chi connectivity index (χ1v) is 9.64. The van der Waals surface area contributed by atoms with Crippen molar-refractivity contribution in [1.29, 1.82) is 0 Å². The second-order valence-corrected chi connectivity index (χ2v) is 7.10. The fourth-order valence-corrected chi connectivity index (χ4v) is 3.78. The molecule has 1 aliphatic rings. The third-order valence-electron chi connectivity index (χ3n) is 5.24. The fourth-order valence-electron chi connectivity index (χ4n) is 3.78. The average molecular weight is 388 g/mol. The maximum Gasteiger partial charge on any atom is 0.272 e. The van der Waals surface area contributed by atoms with Crippen LogP contribution >= 0.6 is 0 Å². The van der Waals surface area contributed by atoms with Crippen molar-refractivity contribution in [1.82, 2.24) is 18.9 Å². The van der Waals surface area contributed by atoms with Gasteiger partial charge in [-0.2, -0.15) is 0 Å². The largest absolute Gasteiger partial charge is 0.378 e. The van der Waals surface area contributed by atoms with Gasteiger partial charge in [0.1, 0.15) is 5.56 Å². The zero-order chi connectivity index (χ0) is 19.8. The summed E-state index contributed by atoms with van der Waals surface area (Å²) in [6.45, 7) is 2.46. The Hall–Kier alpha value is -3.45. The third kappa shape index (κ3) is 3.09. The summed E-state index contributed by atoms with van der Waals surface area (Å²) in [5.74, 6) is 0.262. The lowest BCUT2D eigenvalue weighted by molar-refractivity contribution is 0.0301. The molecule has 0 unspecified atom stereocenters. The molecule has 29 heavy (non-hydrogen) atoms. The van der Waals surface area contributed by atoms with Crippen LogP contribution in [-0.4, -0.2) is 51.1 Å². The van der Waals surface area contributed by atoms with Crippen LogP contribution < -0.4 is 5.56 Å². The maximum absolute atomic E-state index is 13.3. The molecule has 1 aliphatic heterocycles. The molecule has 0 radical (unpaired) electrons. The maximum atomic E-state index is 13.3. The summed E-state index contributed by atoms with van der Waals surface area (Å²) in [7, 11) is 0. The first kappa shape index (κ1) is 17.6. The van der Waals surface area contributed by atoms with Crippen molar-refractivity contribution >= 4 is 22.7 Å². The van der Waals surface area contributed by atoms with E-state index in [1.54, 1.807) is 15.5 Å². The Morgan fingerprint density at radius 1 is 1.00 bits per heavy atom. The van der Waals surface area contributed by atoms with E-state index < -0.39 is 0 Å². The third-order valence-corrected chi connectivity index (χ3v) is 5.24. The summed E-state index contributed by atoms with van der Waals surface area (Å²) in [4.78, 5) is 32.8. The van der Waals surface area contributed by atoms with Crippen LogP contribution in [0.1, 0.15) is 15.9 Å². The van der Waals surface area contributed by atoms with Gasteiger partial charge < -0.3 is 14.2 Å². The molecule has 0 bridgehead atoms. The molecule has 0 spiro atoms. The zero-order valence-corrected chi connectivity index (χ0v) is 15.8. The quantitative estimate of drug-likeness (QED) is 0.539. The normalized spacial score (nSPS) is 14.6. The number of carbonyl (C=O) groups excluding carboxylic acids is 1. The van der Waals surface area contributed by atoms with E-state index in [2.05, 4.69) is 4.98 Å². The van der Waals surface area contributed by atoms with E-state index in [-0.39, 0.29) is 17.0 Å². The molecule has 146 valence electrons. The topological polar surface area (TPSA) is 68.8 Å². The van der Waals surface area contributed by atoms with E-state index in [9.17, 15) is 9.59 Å². The number of para-hydroxylation sites is 2. The SMILES string of the molecule is O=C(c1cn(Cc2ccccc2)c2nc3ccccc3n2c1=O)N1CCOCC1. The monoisotopic (exact) mass is 388 g/mol. The minimum atomic E-state index is -0.338. The van der Waals surface area contributed by atoms with Crippen molar-refractivity contribution < 1.29 is 9.53 Å². The van der Waals surface area contributed by atoms with Gasteiger partial charge in [0.05, 0.1) is 30.8 Å². The van der Waals surface area contributed by atoms with Crippen molar-refractivity contribution in [2.24, 2.45) is 0 Å². The molecule has 5 rings (SSSR count). The lowest BCUT2D eigenvalue weighted by Crippen LogP contribution is -2.43. The average Bonchev–Trinajstić information content (AvgIpc) is 3.17. The first-order chi connectivity index (χ1) is 14.2. The van der Waals surface area contributed by atoms with Crippen molar-refractivity contribution in [3.63, 3.8) is 0 Å². The molecule has 2 aromatic carbocycles. The highest BCUT2D eigenvalue weighted by Crippen LogP contribution is 2.17. The molecule has 0 saturated carbocycles. The molecule has 1 amide bonds. The van der Waals surface area contributed by atoms with Crippen LogP contribution in [-0.2, 0) is 11.3 Å². The van der Waals surface area contributed by atoms with E-state index in [1.807, 2.05) is 59.2 Å². The summed E-state index contributed by atoms with van der Waals surface area (Å²) in [6.07, 6.45) is 1.65. The smallest absolute Gasteiger partial charge is 0.272 e. The predicted molar refractivity (Wildman–Crippen MR) is 109 cm³/mol. The van der Waals surface area contributed by atoms with E-state index in [4.69, 9.17) is 4.74 Å². The summed E-state index contributed by atoms with van der Waals surface area (Å²) >= 11 is 0. The van der Waals surface area contributed by atoms with Crippen LogP contribution in [0, 0.1) is 0 Å². The van der Waals surface area contributed by atoms with Gasteiger partial charge in [0, 0.05) is 19.3 Å². The number of nitrogens with zero attached hydrogens (tertiary/aromatic N) is 4. The molecule has 4 aromatic rings. The number of imidazole rings is 1. The minimum absolute atomic E-state index is 0.151. The van der Waals surface area contributed by atoms with E-state index in [0.717, 1.165) is 11.1 Å². The molecule has 1 saturated heterocycles. The highest BCUT2D eigenvalue weighted by molar-refractivity contribution is 5.94. The Morgan fingerprint density at radius 3 is 2.52 bits per heavy atom. The van der Waals surface area contributed by atoms with Crippen LogP contribution in [0.2, 0.25) is 0 Å². The predicted octanol–water partition coefficient (Wildman–Crippen LogP) is 2.17. The molecule has 1 fully saturated rings. The highest BCUT2D eigenvalue weighted by Gasteiger charge is 2.24. The lowest BCUT2D eigenvalue weighted by Gasteiger charge is -2.26. The van der Waals surface area contributed by atoms with Gasteiger partial charge in [0.25, 0.3) is 11.5 Å². The standard InChI is InChI=1S/C22H20N4O3/c27-20(24-10-12-29-13-11-24)17-15-25(14-16-6-2-1-3-7-16)22-23-18-8-4-5-9-19(18)26(22)21(17)28/h1-9,15H,10-14H2. The number of fused-ring (bicyclic) bond motifs is 3. The Kier molecular flexibility index (Phi) is 4.37. The summed E-state index contributed by atoms with van der Waals surface area (Å²) in [5, 5.41) is 0. The number of hydrogen-bond donors (Lipinski definition) is 0. The zero-order valence-electron chi connectivity index (χ0n) is 15.8. The number of morpholine rings is 1.